The van der Waals surface area contributed by atoms with Crippen LogP contribution in [-0.2, 0) is 20.7 Å². The number of carbonyl (C=O) groups is 2. The molecular formula is C18H15ClN2O3S2. The Hall–Kier alpha value is -2.22. The first-order valence-electron chi connectivity index (χ1n) is 7.71. The van der Waals surface area contributed by atoms with Gasteiger partial charge in [0.05, 0.1) is 27.7 Å². The monoisotopic (exact) mass is 406 g/mol. The number of carbonyl (C=O) groups excluding carboxylic acids is 2. The van der Waals surface area contributed by atoms with Gasteiger partial charge in [-0.2, -0.15) is 0 Å². The molecule has 0 saturated carbocycles. The highest BCUT2D eigenvalue weighted by Gasteiger charge is 2.13. The maximum Gasteiger partial charge on any atom is 0.312 e. The summed E-state index contributed by atoms with van der Waals surface area (Å²) >= 11 is 9.13. The van der Waals surface area contributed by atoms with E-state index in [0.717, 1.165) is 15.4 Å². The van der Waals surface area contributed by atoms with Crippen LogP contribution in [0.3, 0.4) is 0 Å². The minimum absolute atomic E-state index is 0.0282. The average molecular weight is 407 g/mol. The van der Waals surface area contributed by atoms with E-state index >= 15 is 0 Å². The van der Waals surface area contributed by atoms with Crippen molar-refractivity contribution in [3.05, 3.63) is 57.4 Å². The van der Waals surface area contributed by atoms with Gasteiger partial charge in [0.2, 0.25) is 0 Å². The van der Waals surface area contributed by atoms with Crippen molar-refractivity contribution in [3.8, 4) is 9.88 Å². The molecule has 2 aromatic heterocycles. The topological polar surface area (TPSA) is 68.3 Å². The lowest BCUT2D eigenvalue weighted by Gasteiger charge is -2.08. The van der Waals surface area contributed by atoms with E-state index in [1.165, 1.54) is 11.3 Å². The standard InChI is InChI=1S/C18H15ClN2O3S2/c1-11-4-5-14(13(19)7-11)21-16(22)9-24-17(23)8-12-10-26-18(20-12)15-3-2-6-25-15/h2-7,10H,8-9H2,1H3,(H,21,22). The molecule has 1 amide bonds. The molecule has 0 aliphatic heterocycles. The van der Waals surface area contributed by atoms with E-state index in [1.54, 1.807) is 23.5 Å². The predicted molar refractivity (Wildman–Crippen MR) is 105 cm³/mol. The number of aromatic nitrogens is 1. The number of esters is 1. The third-order valence-electron chi connectivity index (χ3n) is 3.37. The smallest absolute Gasteiger partial charge is 0.312 e. The summed E-state index contributed by atoms with van der Waals surface area (Å²) in [5.41, 5.74) is 2.11. The van der Waals surface area contributed by atoms with Crippen molar-refractivity contribution in [1.82, 2.24) is 4.98 Å². The van der Waals surface area contributed by atoms with Crippen molar-refractivity contribution in [1.29, 1.82) is 0 Å². The minimum Gasteiger partial charge on any atom is -0.455 e. The summed E-state index contributed by atoms with van der Waals surface area (Å²) in [4.78, 5) is 29.3. The molecule has 2 heterocycles. The Morgan fingerprint density at radius 1 is 1.27 bits per heavy atom. The summed E-state index contributed by atoms with van der Waals surface area (Å²) in [7, 11) is 0. The number of anilines is 1. The van der Waals surface area contributed by atoms with Crippen LogP contribution >= 0.6 is 34.3 Å². The highest BCUT2D eigenvalue weighted by atomic mass is 35.5. The Kier molecular flexibility index (Phi) is 6.03. The summed E-state index contributed by atoms with van der Waals surface area (Å²) < 4.78 is 5.02. The number of amides is 1. The third kappa shape index (κ3) is 4.91. The van der Waals surface area contributed by atoms with Gasteiger partial charge in [0.25, 0.3) is 5.91 Å². The first-order valence-corrected chi connectivity index (χ1v) is 9.85. The zero-order valence-corrected chi connectivity index (χ0v) is 16.2. The molecule has 0 unspecified atom stereocenters. The van der Waals surface area contributed by atoms with Gasteiger partial charge in [0.1, 0.15) is 5.01 Å². The second-order valence-electron chi connectivity index (χ2n) is 5.49. The van der Waals surface area contributed by atoms with Gasteiger partial charge in [-0.1, -0.05) is 23.7 Å². The molecule has 0 fully saturated rings. The SMILES string of the molecule is Cc1ccc(NC(=O)COC(=O)Cc2csc(-c3cccs3)n2)c(Cl)c1. The van der Waals surface area contributed by atoms with Crippen molar-refractivity contribution in [3.63, 3.8) is 0 Å². The highest BCUT2D eigenvalue weighted by Crippen LogP contribution is 2.28. The molecule has 1 aromatic carbocycles. The third-order valence-corrected chi connectivity index (χ3v) is 5.61. The van der Waals surface area contributed by atoms with E-state index in [9.17, 15) is 9.59 Å². The fraction of sp³-hybridized carbons (Fsp3) is 0.167. The molecule has 0 atom stereocenters. The van der Waals surface area contributed by atoms with E-state index in [1.807, 2.05) is 35.9 Å². The van der Waals surface area contributed by atoms with Crippen LogP contribution in [0.5, 0.6) is 0 Å². The van der Waals surface area contributed by atoms with Crippen LogP contribution in [0.1, 0.15) is 11.3 Å². The van der Waals surface area contributed by atoms with E-state index in [2.05, 4.69) is 10.3 Å². The number of nitrogens with one attached hydrogen (secondary N) is 1. The molecule has 8 heteroatoms. The van der Waals surface area contributed by atoms with Crippen molar-refractivity contribution in [2.24, 2.45) is 0 Å². The number of thiophene rings is 1. The van der Waals surface area contributed by atoms with Crippen LogP contribution in [0, 0.1) is 6.92 Å². The summed E-state index contributed by atoms with van der Waals surface area (Å²) in [6.45, 7) is 1.53. The number of hydrogen-bond donors (Lipinski definition) is 1. The Morgan fingerprint density at radius 2 is 2.12 bits per heavy atom. The van der Waals surface area contributed by atoms with Gasteiger partial charge in [0, 0.05) is 5.38 Å². The lowest BCUT2D eigenvalue weighted by molar-refractivity contribution is -0.146. The maximum absolute atomic E-state index is 11.9. The van der Waals surface area contributed by atoms with Crippen LogP contribution in [-0.4, -0.2) is 23.5 Å². The number of hydrogen-bond acceptors (Lipinski definition) is 6. The van der Waals surface area contributed by atoms with E-state index in [-0.39, 0.29) is 13.0 Å². The molecule has 0 radical (unpaired) electrons. The van der Waals surface area contributed by atoms with Crippen molar-refractivity contribution < 1.29 is 14.3 Å². The van der Waals surface area contributed by atoms with Crippen LogP contribution in [0.2, 0.25) is 5.02 Å². The number of halogens is 1. The van der Waals surface area contributed by atoms with E-state index in [4.69, 9.17) is 16.3 Å². The molecule has 0 spiro atoms. The van der Waals surface area contributed by atoms with E-state index in [0.29, 0.717) is 16.4 Å². The van der Waals surface area contributed by atoms with Crippen LogP contribution in [0.4, 0.5) is 5.69 Å². The molecular weight excluding hydrogens is 392 g/mol. The Balaban J connectivity index is 1.48. The predicted octanol–water partition coefficient (Wildman–Crippen LogP) is 4.56. The normalized spacial score (nSPS) is 10.5. The lowest BCUT2D eigenvalue weighted by atomic mass is 10.2. The number of benzene rings is 1. The first kappa shape index (κ1) is 18.6. The zero-order chi connectivity index (χ0) is 18.5. The molecule has 5 nitrogen and oxygen atoms in total. The Bertz CT molecular complexity index is 922. The Labute approximate surface area is 163 Å². The molecule has 26 heavy (non-hydrogen) atoms. The van der Waals surface area contributed by atoms with Gasteiger partial charge in [-0.25, -0.2) is 4.98 Å². The van der Waals surface area contributed by atoms with Gasteiger partial charge >= 0.3 is 5.97 Å². The van der Waals surface area contributed by atoms with Gasteiger partial charge < -0.3 is 10.1 Å². The highest BCUT2D eigenvalue weighted by molar-refractivity contribution is 7.20. The van der Waals surface area contributed by atoms with Crippen molar-refractivity contribution >= 4 is 51.8 Å². The molecule has 3 aromatic rings. The fourth-order valence-electron chi connectivity index (χ4n) is 2.15. The molecule has 1 N–H and O–H groups in total. The fourth-order valence-corrected chi connectivity index (χ4v) is 4.07. The van der Waals surface area contributed by atoms with Gasteiger partial charge in [-0.15, -0.1) is 22.7 Å². The molecule has 0 saturated heterocycles. The van der Waals surface area contributed by atoms with Crippen LogP contribution in [0.15, 0.2) is 41.1 Å². The summed E-state index contributed by atoms with van der Waals surface area (Å²) in [5, 5.41) is 7.72. The van der Waals surface area contributed by atoms with Gasteiger partial charge in [0.15, 0.2) is 6.61 Å². The number of rotatable bonds is 6. The largest absolute Gasteiger partial charge is 0.455 e. The summed E-state index contributed by atoms with van der Waals surface area (Å²) in [5.74, 6) is -0.945. The molecule has 3 rings (SSSR count). The summed E-state index contributed by atoms with van der Waals surface area (Å²) in [6, 6.07) is 9.22. The quantitative estimate of drug-likeness (QED) is 0.609. The minimum atomic E-state index is -0.502. The first-order chi connectivity index (χ1) is 12.5. The second-order valence-corrected chi connectivity index (χ2v) is 7.70. The number of ether oxygens (including phenoxy) is 1. The van der Waals surface area contributed by atoms with Crippen molar-refractivity contribution in [2.75, 3.05) is 11.9 Å². The molecule has 0 aliphatic carbocycles. The average Bonchev–Trinajstić information content (AvgIpc) is 3.27. The number of aryl methyl sites for hydroxylation is 1. The zero-order valence-electron chi connectivity index (χ0n) is 13.8. The summed E-state index contributed by atoms with van der Waals surface area (Å²) in [6.07, 6.45) is 0.0282. The molecule has 134 valence electrons. The van der Waals surface area contributed by atoms with Crippen LogP contribution < -0.4 is 5.32 Å². The lowest BCUT2D eigenvalue weighted by Crippen LogP contribution is -2.21. The molecule has 0 bridgehead atoms. The number of nitrogens with zero attached hydrogens (tertiary/aromatic N) is 1. The molecule has 0 aliphatic rings. The second kappa shape index (κ2) is 8.44. The number of thiazole rings is 1. The van der Waals surface area contributed by atoms with Gasteiger partial charge in [-0.05, 0) is 36.1 Å². The Morgan fingerprint density at radius 3 is 2.85 bits per heavy atom. The van der Waals surface area contributed by atoms with E-state index < -0.39 is 11.9 Å². The van der Waals surface area contributed by atoms with Crippen LogP contribution in [0.25, 0.3) is 9.88 Å². The van der Waals surface area contributed by atoms with Crippen molar-refractivity contribution in [2.45, 2.75) is 13.3 Å². The van der Waals surface area contributed by atoms with Gasteiger partial charge in [-0.3, -0.25) is 9.59 Å². The maximum atomic E-state index is 11.9.